The summed E-state index contributed by atoms with van der Waals surface area (Å²) in [6.07, 6.45) is 3.27. The van der Waals surface area contributed by atoms with Crippen LogP contribution in [0.4, 0.5) is 5.69 Å². The highest BCUT2D eigenvalue weighted by Gasteiger charge is 2.13. The Morgan fingerprint density at radius 3 is 2.71 bits per heavy atom. The van der Waals surface area contributed by atoms with Gasteiger partial charge in [0.1, 0.15) is 5.69 Å². The van der Waals surface area contributed by atoms with Gasteiger partial charge >= 0.3 is 0 Å². The van der Waals surface area contributed by atoms with Gasteiger partial charge in [-0.1, -0.05) is 20.8 Å². The summed E-state index contributed by atoms with van der Waals surface area (Å²) in [6, 6.07) is 0. The number of hydrogen-bond donors (Lipinski definition) is 1. The Morgan fingerprint density at radius 2 is 2.12 bits per heavy atom. The summed E-state index contributed by atoms with van der Waals surface area (Å²) in [4.78, 5) is 0. The molecule has 0 aliphatic heterocycles. The van der Waals surface area contributed by atoms with Crippen LogP contribution in [-0.4, -0.2) is 16.4 Å². The first-order valence-corrected chi connectivity index (χ1v) is 6.51. The second kappa shape index (κ2) is 6.52. The van der Waals surface area contributed by atoms with Crippen molar-refractivity contribution in [2.24, 2.45) is 5.92 Å². The summed E-state index contributed by atoms with van der Waals surface area (Å²) >= 11 is 0. The van der Waals surface area contributed by atoms with E-state index in [0.29, 0.717) is 5.69 Å². The number of aryl methyl sites for hydroxylation is 2. The van der Waals surface area contributed by atoms with Crippen molar-refractivity contribution in [3.63, 3.8) is 0 Å². The quantitative estimate of drug-likeness (QED) is 0.744. The van der Waals surface area contributed by atoms with Crippen molar-refractivity contribution in [1.82, 2.24) is 9.78 Å². The van der Waals surface area contributed by atoms with Crippen molar-refractivity contribution < 1.29 is 4.74 Å². The Bertz CT molecular complexity index is 345. The fraction of sp³-hybridized carbons (Fsp3) is 0.769. The molecule has 2 N–H and O–H groups in total. The van der Waals surface area contributed by atoms with Gasteiger partial charge in [0.05, 0.1) is 12.3 Å². The van der Waals surface area contributed by atoms with E-state index in [1.807, 2.05) is 11.6 Å². The van der Waals surface area contributed by atoms with Crippen LogP contribution in [0, 0.1) is 12.8 Å². The zero-order chi connectivity index (χ0) is 12.8. The van der Waals surface area contributed by atoms with E-state index in [2.05, 4.69) is 25.9 Å². The van der Waals surface area contributed by atoms with Crippen molar-refractivity contribution in [2.45, 2.75) is 53.5 Å². The molecule has 0 spiro atoms. The van der Waals surface area contributed by atoms with E-state index < -0.39 is 0 Å². The van der Waals surface area contributed by atoms with E-state index in [1.165, 1.54) is 6.42 Å². The lowest BCUT2D eigenvalue weighted by Gasteiger charge is -2.10. The third-order valence-corrected chi connectivity index (χ3v) is 2.73. The Morgan fingerprint density at radius 1 is 1.41 bits per heavy atom. The van der Waals surface area contributed by atoms with Gasteiger partial charge in [-0.3, -0.25) is 0 Å². The lowest BCUT2D eigenvalue weighted by molar-refractivity contribution is 0.269. The predicted molar refractivity (Wildman–Crippen MR) is 71.2 cm³/mol. The summed E-state index contributed by atoms with van der Waals surface area (Å²) in [5.74, 6) is 1.46. The topological polar surface area (TPSA) is 53.1 Å². The van der Waals surface area contributed by atoms with Crippen LogP contribution in [0.15, 0.2) is 0 Å². The molecule has 0 aliphatic rings. The summed E-state index contributed by atoms with van der Waals surface area (Å²) in [5, 5.41) is 4.38. The number of rotatable bonds is 7. The van der Waals surface area contributed by atoms with Crippen molar-refractivity contribution in [3.8, 4) is 5.88 Å². The second-order valence-electron chi connectivity index (χ2n) is 4.91. The summed E-state index contributed by atoms with van der Waals surface area (Å²) < 4.78 is 7.64. The molecule has 0 saturated heterocycles. The van der Waals surface area contributed by atoms with Gasteiger partial charge in [-0.05, 0) is 32.1 Å². The minimum atomic E-state index is 0.683. The molecule has 0 aromatic carbocycles. The van der Waals surface area contributed by atoms with Crippen LogP contribution in [-0.2, 0) is 6.54 Å². The van der Waals surface area contributed by atoms with E-state index in [1.54, 1.807) is 0 Å². The van der Waals surface area contributed by atoms with Crippen molar-refractivity contribution >= 4 is 5.69 Å². The SMILES string of the molecule is CCCn1nc(C)c(N)c1OCCCC(C)C. The van der Waals surface area contributed by atoms with Crippen LogP contribution in [0.2, 0.25) is 0 Å². The molecule has 1 rings (SSSR count). The van der Waals surface area contributed by atoms with E-state index in [4.69, 9.17) is 10.5 Å². The number of nitrogens with two attached hydrogens (primary N) is 1. The average Bonchev–Trinajstić information content (AvgIpc) is 2.51. The molecule has 0 saturated carbocycles. The molecule has 4 nitrogen and oxygen atoms in total. The number of nitrogens with zero attached hydrogens (tertiary/aromatic N) is 2. The van der Waals surface area contributed by atoms with Crippen LogP contribution < -0.4 is 10.5 Å². The Hall–Kier alpha value is -1.19. The minimum absolute atomic E-state index is 0.683. The smallest absolute Gasteiger partial charge is 0.236 e. The predicted octanol–water partition coefficient (Wildman–Crippen LogP) is 3.00. The first-order chi connectivity index (χ1) is 8.06. The van der Waals surface area contributed by atoms with Crippen molar-refractivity contribution in [1.29, 1.82) is 0 Å². The van der Waals surface area contributed by atoms with Crippen LogP contribution >= 0.6 is 0 Å². The number of hydrogen-bond acceptors (Lipinski definition) is 3. The Labute approximate surface area is 104 Å². The van der Waals surface area contributed by atoms with Gasteiger partial charge in [-0.2, -0.15) is 5.10 Å². The van der Waals surface area contributed by atoms with Gasteiger partial charge in [0, 0.05) is 6.54 Å². The molecule has 0 radical (unpaired) electrons. The molecule has 0 bridgehead atoms. The molecule has 98 valence electrons. The van der Waals surface area contributed by atoms with E-state index in [-0.39, 0.29) is 0 Å². The number of ether oxygens (including phenoxy) is 1. The van der Waals surface area contributed by atoms with Crippen LogP contribution in [0.1, 0.15) is 45.7 Å². The molecule has 1 heterocycles. The van der Waals surface area contributed by atoms with Gasteiger partial charge in [0.25, 0.3) is 0 Å². The first kappa shape index (κ1) is 13.9. The van der Waals surface area contributed by atoms with Crippen LogP contribution in [0.3, 0.4) is 0 Å². The highest BCUT2D eigenvalue weighted by Crippen LogP contribution is 2.25. The fourth-order valence-corrected chi connectivity index (χ4v) is 1.75. The molecule has 0 unspecified atom stereocenters. The molecule has 4 heteroatoms. The zero-order valence-corrected chi connectivity index (χ0v) is 11.5. The number of aromatic nitrogens is 2. The summed E-state index contributed by atoms with van der Waals surface area (Å²) in [6.45, 7) is 10.1. The largest absolute Gasteiger partial charge is 0.476 e. The fourth-order valence-electron chi connectivity index (χ4n) is 1.75. The van der Waals surface area contributed by atoms with Gasteiger partial charge in [-0.25, -0.2) is 4.68 Å². The normalized spacial score (nSPS) is 11.1. The molecule has 0 atom stereocenters. The number of anilines is 1. The van der Waals surface area contributed by atoms with Crippen LogP contribution in [0.5, 0.6) is 5.88 Å². The molecular weight excluding hydrogens is 214 g/mol. The van der Waals surface area contributed by atoms with Crippen molar-refractivity contribution in [3.05, 3.63) is 5.69 Å². The Kier molecular flexibility index (Phi) is 5.32. The summed E-state index contributed by atoms with van der Waals surface area (Å²) in [5.41, 5.74) is 7.51. The van der Waals surface area contributed by atoms with Gasteiger partial charge in [0.2, 0.25) is 5.88 Å². The summed E-state index contributed by atoms with van der Waals surface area (Å²) in [7, 11) is 0. The van der Waals surface area contributed by atoms with Crippen LogP contribution in [0.25, 0.3) is 0 Å². The van der Waals surface area contributed by atoms with Gasteiger partial charge in [0.15, 0.2) is 0 Å². The third kappa shape index (κ3) is 3.95. The minimum Gasteiger partial charge on any atom is -0.476 e. The average molecular weight is 239 g/mol. The maximum atomic E-state index is 5.97. The molecule has 1 aromatic heterocycles. The lowest BCUT2D eigenvalue weighted by Crippen LogP contribution is -2.07. The van der Waals surface area contributed by atoms with Gasteiger partial charge < -0.3 is 10.5 Å². The number of nitrogen functional groups attached to an aromatic ring is 1. The highest BCUT2D eigenvalue weighted by atomic mass is 16.5. The standard InChI is InChI=1S/C13H25N3O/c1-5-8-16-13(12(14)11(4)15-16)17-9-6-7-10(2)3/h10H,5-9,14H2,1-4H3. The van der Waals surface area contributed by atoms with E-state index in [0.717, 1.165) is 43.5 Å². The van der Waals surface area contributed by atoms with Crippen molar-refractivity contribution in [2.75, 3.05) is 12.3 Å². The Balaban J connectivity index is 2.56. The van der Waals surface area contributed by atoms with Gasteiger partial charge in [-0.15, -0.1) is 0 Å². The first-order valence-electron chi connectivity index (χ1n) is 6.51. The highest BCUT2D eigenvalue weighted by molar-refractivity contribution is 5.52. The molecule has 0 fully saturated rings. The molecule has 17 heavy (non-hydrogen) atoms. The zero-order valence-electron chi connectivity index (χ0n) is 11.5. The monoisotopic (exact) mass is 239 g/mol. The maximum Gasteiger partial charge on any atom is 0.236 e. The van der Waals surface area contributed by atoms with E-state index >= 15 is 0 Å². The lowest BCUT2D eigenvalue weighted by atomic mass is 10.1. The van der Waals surface area contributed by atoms with E-state index in [9.17, 15) is 0 Å². The molecular formula is C13H25N3O. The molecule has 0 amide bonds. The second-order valence-corrected chi connectivity index (χ2v) is 4.91. The maximum absolute atomic E-state index is 5.97. The third-order valence-electron chi connectivity index (χ3n) is 2.73. The molecule has 1 aromatic rings. The molecule has 0 aliphatic carbocycles.